The van der Waals surface area contributed by atoms with Gasteiger partial charge in [-0.05, 0) is 158 Å². The van der Waals surface area contributed by atoms with Gasteiger partial charge in [-0.15, -0.1) is 0 Å². The fraction of sp³-hybridized carbons (Fsp3) is 0.615. The highest BCUT2D eigenvalue weighted by molar-refractivity contribution is 5.78. The van der Waals surface area contributed by atoms with Gasteiger partial charge in [0.2, 0.25) is 0 Å². The molecule has 0 unspecified atom stereocenters. The number of Topliss-reactive ketones (excluding diaryl/α,β-unsaturated/α-hetero) is 1. The van der Waals surface area contributed by atoms with E-state index < -0.39 is 0 Å². The molecule has 2 fully saturated rings. The SMILES string of the molecule is CCCCCCCC1CCC(c2ccc(-c3ccc(CCCCCCCC(=O)CCCCCCCc4ccc(-c5ccc(C6CCC(CCCCCCC)CC6)cc5)cc4)cc3)cc2)CC1. The number of benzene rings is 4. The average Bonchev–Trinajstić information content (AvgIpc) is 3.36. The smallest absolute Gasteiger partial charge is 0.132 e. The van der Waals surface area contributed by atoms with Crippen LogP contribution in [0.15, 0.2) is 97.1 Å². The lowest BCUT2D eigenvalue weighted by Crippen LogP contribution is -2.13. The van der Waals surface area contributed by atoms with Gasteiger partial charge in [-0.3, -0.25) is 4.79 Å². The summed E-state index contributed by atoms with van der Waals surface area (Å²) in [5.41, 5.74) is 11.4. The minimum Gasteiger partial charge on any atom is -0.300 e. The van der Waals surface area contributed by atoms with Crippen molar-refractivity contribution in [2.24, 2.45) is 11.8 Å². The van der Waals surface area contributed by atoms with Gasteiger partial charge < -0.3 is 0 Å². The number of ketones is 1. The second kappa shape index (κ2) is 30.8. The number of hydrogen-bond acceptors (Lipinski definition) is 1. The molecule has 0 radical (unpaired) electrons. The van der Waals surface area contributed by atoms with Crippen LogP contribution in [0.25, 0.3) is 22.3 Å². The summed E-state index contributed by atoms with van der Waals surface area (Å²) in [5.74, 6) is 3.95. The Balaban J connectivity index is 0.732. The molecule has 0 heterocycles. The second-order valence-corrected chi connectivity index (χ2v) is 21.6. The molecule has 0 N–H and O–H groups in total. The molecule has 0 atom stereocenters. The average molecular weight is 891 g/mol. The maximum Gasteiger partial charge on any atom is 0.132 e. The van der Waals surface area contributed by atoms with Gasteiger partial charge in [0, 0.05) is 12.8 Å². The second-order valence-electron chi connectivity index (χ2n) is 21.6. The standard InChI is InChI=1S/C65H94O/c1-3-5-7-11-17-23-53-29-37-57(38-30-53)61-45-49-63(50-46-61)59-41-33-55(34-42-59)25-19-13-9-15-21-27-65(66)28-22-16-10-14-20-26-56-35-43-60(44-36-56)64-51-47-62(48-52-64)58-39-31-54(32-40-58)24-18-12-8-6-4-2/h33-36,41-54,57-58H,3-32,37-40H2,1-2H3. The zero-order chi connectivity index (χ0) is 45.9. The molecule has 360 valence electrons. The van der Waals surface area contributed by atoms with Gasteiger partial charge >= 0.3 is 0 Å². The molecular weight excluding hydrogens is 797 g/mol. The maximum atomic E-state index is 12.6. The van der Waals surface area contributed by atoms with Crippen LogP contribution in [-0.4, -0.2) is 5.78 Å². The largest absolute Gasteiger partial charge is 0.300 e. The van der Waals surface area contributed by atoms with Crippen molar-refractivity contribution in [1.82, 2.24) is 0 Å². The van der Waals surface area contributed by atoms with E-state index >= 15 is 0 Å². The Hall–Kier alpha value is -3.45. The maximum absolute atomic E-state index is 12.6. The van der Waals surface area contributed by atoms with Crippen molar-refractivity contribution in [3.05, 3.63) is 119 Å². The van der Waals surface area contributed by atoms with Crippen LogP contribution in [0.3, 0.4) is 0 Å². The monoisotopic (exact) mass is 891 g/mol. The van der Waals surface area contributed by atoms with Gasteiger partial charge in [0.05, 0.1) is 0 Å². The quantitative estimate of drug-likeness (QED) is 0.0447. The number of rotatable bonds is 32. The molecule has 4 aromatic carbocycles. The van der Waals surface area contributed by atoms with Crippen molar-refractivity contribution < 1.29 is 4.79 Å². The van der Waals surface area contributed by atoms with Crippen molar-refractivity contribution in [1.29, 1.82) is 0 Å². The lowest BCUT2D eigenvalue weighted by Gasteiger charge is -2.29. The van der Waals surface area contributed by atoms with Crippen LogP contribution in [0, 0.1) is 11.8 Å². The van der Waals surface area contributed by atoms with Crippen LogP contribution in [0.5, 0.6) is 0 Å². The van der Waals surface area contributed by atoms with Crippen LogP contribution in [0.1, 0.15) is 253 Å². The molecule has 0 bridgehead atoms. The third-order valence-corrected chi connectivity index (χ3v) is 16.3. The molecule has 2 aliphatic rings. The molecule has 0 amide bonds. The minimum atomic E-state index is 0.483. The molecule has 0 aliphatic heterocycles. The predicted molar refractivity (Wildman–Crippen MR) is 288 cm³/mol. The van der Waals surface area contributed by atoms with Crippen LogP contribution in [-0.2, 0) is 17.6 Å². The van der Waals surface area contributed by atoms with E-state index in [1.807, 2.05) is 0 Å². The molecule has 1 nitrogen and oxygen atoms in total. The first-order valence-electron chi connectivity index (χ1n) is 28.5. The third-order valence-electron chi connectivity index (χ3n) is 16.3. The number of carbonyl (C=O) groups is 1. The van der Waals surface area contributed by atoms with Crippen LogP contribution in [0.2, 0.25) is 0 Å². The number of carbonyl (C=O) groups excluding carboxylic acids is 1. The van der Waals surface area contributed by atoms with Gasteiger partial charge in [0.15, 0.2) is 0 Å². The fourth-order valence-electron chi connectivity index (χ4n) is 11.8. The first kappa shape index (κ1) is 51.9. The van der Waals surface area contributed by atoms with Crippen molar-refractivity contribution in [2.45, 2.75) is 244 Å². The molecule has 0 aromatic heterocycles. The Morgan fingerprint density at radius 1 is 0.348 bits per heavy atom. The number of unbranched alkanes of at least 4 members (excludes halogenated alkanes) is 16. The Bertz CT molecular complexity index is 1700. The highest BCUT2D eigenvalue weighted by Gasteiger charge is 2.23. The molecule has 66 heavy (non-hydrogen) atoms. The Morgan fingerprint density at radius 3 is 1.02 bits per heavy atom. The lowest BCUT2D eigenvalue weighted by molar-refractivity contribution is -0.119. The van der Waals surface area contributed by atoms with E-state index in [1.54, 1.807) is 11.1 Å². The van der Waals surface area contributed by atoms with E-state index in [-0.39, 0.29) is 0 Å². The van der Waals surface area contributed by atoms with E-state index in [2.05, 4.69) is 111 Å². The number of hydrogen-bond donors (Lipinski definition) is 0. The van der Waals surface area contributed by atoms with Gasteiger partial charge in [-0.25, -0.2) is 0 Å². The van der Waals surface area contributed by atoms with Crippen LogP contribution < -0.4 is 0 Å². The van der Waals surface area contributed by atoms with Crippen molar-refractivity contribution >= 4 is 5.78 Å². The topological polar surface area (TPSA) is 17.1 Å². The van der Waals surface area contributed by atoms with Gasteiger partial charge in [-0.2, -0.15) is 0 Å². The Labute approximate surface area is 406 Å². The Kier molecular flexibility index (Phi) is 24.3. The summed E-state index contributed by atoms with van der Waals surface area (Å²) < 4.78 is 0. The fourth-order valence-corrected chi connectivity index (χ4v) is 11.8. The van der Waals surface area contributed by atoms with E-state index in [0.717, 1.165) is 62.2 Å². The van der Waals surface area contributed by atoms with E-state index in [0.29, 0.717) is 5.78 Å². The summed E-state index contributed by atoms with van der Waals surface area (Å²) in [6, 6.07) is 37.7. The molecule has 0 spiro atoms. The summed E-state index contributed by atoms with van der Waals surface area (Å²) in [4.78, 5) is 12.6. The highest BCUT2D eigenvalue weighted by atomic mass is 16.1. The molecule has 4 aromatic rings. The van der Waals surface area contributed by atoms with Crippen molar-refractivity contribution in [3.63, 3.8) is 0 Å². The Morgan fingerprint density at radius 2 is 0.652 bits per heavy atom. The number of aryl methyl sites for hydroxylation is 2. The summed E-state index contributed by atoms with van der Waals surface area (Å²) in [6.07, 6.45) is 44.2. The highest BCUT2D eigenvalue weighted by Crippen LogP contribution is 2.40. The van der Waals surface area contributed by atoms with E-state index in [9.17, 15) is 4.79 Å². The van der Waals surface area contributed by atoms with Crippen molar-refractivity contribution in [2.75, 3.05) is 0 Å². The third kappa shape index (κ3) is 18.9. The molecular formula is C65H94O. The summed E-state index contributed by atoms with van der Waals surface area (Å²) >= 11 is 0. The molecule has 2 aliphatic carbocycles. The molecule has 1 heteroatoms. The van der Waals surface area contributed by atoms with Gasteiger partial charge in [-0.1, -0.05) is 226 Å². The molecule has 2 saturated carbocycles. The normalized spacial score (nSPS) is 18.7. The van der Waals surface area contributed by atoms with Crippen LogP contribution >= 0.6 is 0 Å². The first-order chi connectivity index (χ1) is 32.6. The summed E-state index contributed by atoms with van der Waals surface area (Å²) in [7, 11) is 0. The molecule has 6 rings (SSSR count). The minimum absolute atomic E-state index is 0.483. The summed E-state index contributed by atoms with van der Waals surface area (Å²) in [6.45, 7) is 4.62. The summed E-state index contributed by atoms with van der Waals surface area (Å²) in [5, 5.41) is 0. The first-order valence-corrected chi connectivity index (χ1v) is 28.5. The zero-order valence-electron chi connectivity index (χ0n) is 42.5. The van der Waals surface area contributed by atoms with E-state index in [4.69, 9.17) is 0 Å². The molecule has 0 saturated heterocycles. The zero-order valence-corrected chi connectivity index (χ0v) is 42.5. The van der Waals surface area contributed by atoms with Gasteiger partial charge in [0.1, 0.15) is 5.78 Å². The predicted octanol–water partition coefficient (Wildman–Crippen LogP) is 20.3. The van der Waals surface area contributed by atoms with Gasteiger partial charge in [0.25, 0.3) is 0 Å². The van der Waals surface area contributed by atoms with E-state index in [1.165, 1.54) is 213 Å². The van der Waals surface area contributed by atoms with Crippen molar-refractivity contribution in [3.8, 4) is 22.3 Å². The van der Waals surface area contributed by atoms with Crippen LogP contribution in [0.4, 0.5) is 0 Å². The lowest BCUT2D eigenvalue weighted by atomic mass is 9.77.